The van der Waals surface area contributed by atoms with E-state index in [0.29, 0.717) is 16.8 Å². The minimum atomic E-state index is -2.18. The summed E-state index contributed by atoms with van der Waals surface area (Å²) in [6, 6.07) is 20.8. The smallest absolute Gasteiger partial charge is 0.0705 e. The Morgan fingerprint density at radius 2 is 1.47 bits per heavy atom. The largest absolute Gasteiger partial charge is 0.256 e. The molecular formula is C18H15N. The summed E-state index contributed by atoms with van der Waals surface area (Å²) < 4.78 is 23.5. The van der Waals surface area contributed by atoms with Gasteiger partial charge in [-0.25, -0.2) is 0 Å². The molecule has 1 nitrogen and oxygen atoms in total. The van der Waals surface area contributed by atoms with Crippen LogP contribution in [0, 0.1) is 6.85 Å². The van der Waals surface area contributed by atoms with Crippen molar-refractivity contribution in [2.45, 2.75) is 6.85 Å². The lowest BCUT2D eigenvalue weighted by atomic mass is 10.0. The number of benzene rings is 2. The van der Waals surface area contributed by atoms with E-state index in [4.69, 9.17) is 4.11 Å². The van der Waals surface area contributed by atoms with Gasteiger partial charge in [-0.05, 0) is 24.0 Å². The Hall–Kier alpha value is -2.41. The molecule has 2 aromatic carbocycles. The molecule has 0 aliphatic carbocycles. The fraction of sp³-hybridized carbons (Fsp3) is 0.0556. The molecule has 0 saturated heterocycles. The van der Waals surface area contributed by atoms with Gasteiger partial charge in [0, 0.05) is 21.4 Å². The summed E-state index contributed by atoms with van der Waals surface area (Å²) in [6.45, 7) is -2.18. The van der Waals surface area contributed by atoms with E-state index in [-0.39, 0.29) is 0 Å². The molecule has 0 unspecified atom stereocenters. The lowest BCUT2D eigenvalue weighted by Gasteiger charge is -2.08. The summed E-state index contributed by atoms with van der Waals surface area (Å²) in [5, 5.41) is 0. The normalized spacial score (nSPS) is 13.4. The topological polar surface area (TPSA) is 12.9 Å². The van der Waals surface area contributed by atoms with E-state index in [9.17, 15) is 0 Å². The highest BCUT2D eigenvalue weighted by Gasteiger charge is 2.05. The third-order valence-electron chi connectivity index (χ3n) is 3.06. The molecule has 0 N–H and O–H groups in total. The van der Waals surface area contributed by atoms with Crippen LogP contribution in [0.4, 0.5) is 0 Å². The Morgan fingerprint density at radius 1 is 0.842 bits per heavy atom. The van der Waals surface area contributed by atoms with Crippen LogP contribution in [0.3, 0.4) is 0 Å². The van der Waals surface area contributed by atoms with Crippen LogP contribution < -0.4 is 0 Å². The Morgan fingerprint density at radius 3 is 2.11 bits per heavy atom. The molecule has 1 aromatic heterocycles. The van der Waals surface area contributed by atoms with Crippen molar-refractivity contribution < 1.29 is 4.11 Å². The van der Waals surface area contributed by atoms with Gasteiger partial charge in [0.25, 0.3) is 0 Å². The zero-order valence-electron chi connectivity index (χ0n) is 13.4. The Balaban J connectivity index is 2.17. The fourth-order valence-electron chi connectivity index (χ4n) is 2.07. The molecule has 3 rings (SSSR count). The Labute approximate surface area is 117 Å². The van der Waals surface area contributed by atoms with Crippen molar-refractivity contribution >= 4 is 0 Å². The number of aryl methyl sites for hydroxylation is 1. The number of hydrogen-bond acceptors (Lipinski definition) is 1. The highest BCUT2D eigenvalue weighted by Crippen LogP contribution is 2.26. The highest BCUT2D eigenvalue weighted by molar-refractivity contribution is 5.70. The van der Waals surface area contributed by atoms with Gasteiger partial charge in [-0.3, -0.25) is 4.98 Å². The quantitative estimate of drug-likeness (QED) is 0.639. The van der Waals surface area contributed by atoms with Gasteiger partial charge < -0.3 is 0 Å². The van der Waals surface area contributed by atoms with E-state index in [1.165, 1.54) is 0 Å². The summed E-state index contributed by atoms with van der Waals surface area (Å²) in [4.78, 5) is 4.45. The molecule has 0 fully saturated rings. The summed E-state index contributed by atoms with van der Waals surface area (Å²) in [7, 11) is 0. The second kappa shape index (κ2) is 5.07. The van der Waals surface area contributed by atoms with E-state index in [1.807, 2.05) is 60.7 Å². The SMILES string of the molecule is [2H]C([2H])([2H])c1cc(-c2ccccc2)ncc1-c1ccccc1. The van der Waals surface area contributed by atoms with Gasteiger partial charge in [0.2, 0.25) is 0 Å². The van der Waals surface area contributed by atoms with E-state index in [2.05, 4.69) is 4.98 Å². The number of aromatic nitrogens is 1. The summed E-state index contributed by atoms with van der Waals surface area (Å²) >= 11 is 0. The summed E-state index contributed by atoms with van der Waals surface area (Å²) in [5.41, 5.74) is 3.42. The average Bonchev–Trinajstić information content (AvgIpc) is 2.55. The summed E-state index contributed by atoms with van der Waals surface area (Å²) in [5.74, 6) is 0. The van der Waals surface area contributed by atoms with Crippen molar-refractivity contribution in [3.8, 4) is 22.4 Å². The zero-order chi connectivity index (χ0) is 15.6. The molecule has 0 saturated carbocycles. The Kier molecular flexibility index (Phi) is 2.31. The predicted molar refractivity (Wildman–Crippen MR) is 79.8 cm³/mol. The van der Waals surface area contributed by atoms with Crippen LogP contribution in [0.15, 0.2) is 72.9 Å². The molecule has 0 radical (unpaired) electrons. The van der Waals surface area contributed by atoms with Crippen LogP contribution in [0.1, 0.15) is 9.68 Å². The molecule has 0 amide bonds. The van der Waals surface area contributed by atoms with Crippen molar-refractivity contribution in [1.82, 2.24) is 4.98 Å². The van der Waals surface area contributed by atoms with Gasteiger partial charge in [0.15, 0.2) is 0 Å². The average molecular weight is 248 g/mol. The van der Waals surface area contributed by atoms with E-state index >= 15 is 0 Å². The van der Waals surface area contributed by atoms with E-state index in [1.54, 1.807) is 12.3 Å². The molecule has 0 spiro atoms. The van der Waals surface area contributed by atoms with Gasteiger partial charge in [-0.2, -0.15) is 0 Å². The molecule has 19 heavy (non-hydrogen) atoms. The van der Waals surface area contributed by atoms with Crippen LogP contribution in [-0.4, -0.2) is 4.98 Å². The minimum Gasteiger partial charge on any atom is -0.256 e. The maximum atomic E-state index is 7.83. The first-order valence-corrected chi connectivity index (χ1v) is 6.17. The second-order valence-electron chi connectivity index (χ2n) is 4.35. The van der Waals surface area contributed by atoms with Gasteiger partial charge in [-0.15, -0.1) is 0 Å². The highest BCUT2D eigenvalue weighted by atomic mass is 14.7. The van der Waals surface area contributed by atoms with Crippen LogP contribution in [0.2, 0.25) is 0 Å². The first-order valence-electron chi connectivity index (χ1n) is 7.67. The molecule has 0 aliphatic rings. The summed E-state index contributed by atoms with van der Waals surface area (Å²) in [6.07, 6.45) is 1.65. The van der Waals surface area contributed by atoms with Crippen LogP contribution in [-0.2, 0) is 0 Å². The third kappa shape index (κ3) is 2.41. The molecule has 0 bridgehead atoms. The molecule has 92 valence electrons. The second-order valence-corrected chi connectivity index (χ2v) is 4.35. The van der Waals surface area contributed by atoms with Gasteiger partial charge in [0.1, 0.15) is 0 Å². The molecule has 0 aliphatic heterocycles. The van der Waals surface area contributed by atoms with Crippen molar-refractivity contribution in [3.63, 3.8) is 0 Å². The monoisotopic (exact) mass is 248 g/mol. The minimum absolute atomic E-state index is 0.326. The lowest BCUT2D eigenvalue weighted by Crippen LogP contribution is -1.89. The van der Waals surface area contributed by atoms with E-state index < -0.39 is 6.85 Å². The fourth-order valence-corrected chi connectivity index (χ4v) is 2.07. The molecular weight excluding hydrogens is 230 g/mol. The number of pyridine rings is 1. The first kappa shape index (κ1) is 8.65. The molecule has 1 heteroatoms. The zero-order valence-corrected chi connectivity index (χ0v) is 10.4. The van der Waals surface area contributed by atoms with Crippen LogP contribution >= 0.6 is 0 Å². The van der Waals surface area contributed by atoms with Crippen LogP contribution in [0.5, 0.6) is 0 Å². The number of nitrogens with zero attached hydrogens (tertiary/aromatic N) is 1. The van der Waals surface area contributed by atoms with Gasteiger partial charge >= 0.3 is 0 Å². The van der Waals surface area contributed by atoms with Crippen molar-refractivity contribution in [1.29, 1.82) is 0 Å². The molecule has 3 aromatic rings. The predicted octanol–water partition coefficient (Wildman–Crippen LogP) is 4.72. The van der Waals surface area contributed by atoms with Crippen molar-refractivity contribution in [3.05, 3.63) is 78.5 Å². The van der Waals surface area contributed by atoms with E-state index in [0.717, 1.165) is 11.1 Å². The van der Waals surface area contributed by atoms with Crippen LogP contribution in [0.25, 0.3) is 22.4 Å². The lowest BCUT2D eigenvalue weighted by molar-refractivity contribution is 1.29. The maximum Gasteiger partial charge on any atom is 0.0705 e. The Bertz CT molecular complexity index is 765. The maximum absolute atomic E-state index is 7.83. The third-order valence-corrected chi connectivity index (χ3v) is 3.06. The number of rotatable bonds is 2. The first-order chi connectivity index (χ1) is 10.6. The number of hydrogen-bond donors (Lipinski definition) is 0. The standard InChI is InChI=1S/C18H15N/c1-14-12-18(16-10-6-3-7-11-16)19-13-17(14)15-8-4-2-5-9-15/h2-13H,1H3/i1D3. The van der Waals surface area contributed by atoms with Crippen molar-refractivity contribution in [2.24, 2.45) is 0 Å². The molecule has 0 atom stereocenters. The molecule has 1 heterocycles. The van der Waals surface area contributed by atoms with Gasteiger partial charge in [-0.1, -0.05) is 60.7 Å². The van der Waals surface area contributed by atoms with Crippen molar-refractivity contribution in [2.75, 3.05) is 0 Å². The van der Waals surface area contributed by atoms with Gasteiger partial charge in [0.05, 0.1) is 5.69 Å².